The number of rotatable bonds is 4. The fourth-order valence-corrected chi connectivity index (χ4v) is 7.58. The molecular formula is C26H27N3O3S2. The first-order valence-electron chi connectivity index (χ1n) is 11.6. The van der Waals surface area contributed by atoms with Crippen LogP contribution in [0.4, 0.5) is 0 Å². The lowest BCUT2D eigenvalue weighted by molar-refractivity contribution is 0.0998. The molecule has 1 aliphatic heterocycles. The van der Waals surface area contributed by atoms with Gasteiger partial charge in [0.05, 0.1) is 15.1 Å². The zero-order valence-corrected chi connectivity index (χ0v) is 20.9. The van der Waals surface area contributed by atoms with Crippen molar-refractivity contribution in [3.63, 3.8) is 0 Å². The lowest BCUT2D eigenvalue weighted by Gasteiger charge is -2.34. The number of aromatic nitrogens is 1. The highest BCUT2D eigenvalue weighted by atomic mass is 32.2. The summed E-state index contributed by atoms with van der Waals surface area (Å²) >= 11 is 1.46. The van der Waals surface area contributed by atoms with Crippen molar-refractivity contribution in [2.24, 2.45) is 12.0 Å². The van der Waals surface area contributed by atoms with Gasteiger partial charge in [-0.25, -0.2) is 8.42 Å². The molecule has 1 aliphatic rings. The summed E-state index contributed by atoms with van der Waals surface area (Å²) in [4.78, 5) is 18.1. The molecule has 8 heteroatoms. The lowest BCUT2D eigenvalue weighted by atomic mass is 10.0. The average molecular weight is 494 g/mol. The molecule has 0 radical (unpaired) electrons. The largest absolute Gasteiger partial charge is 0.319 e. The number of hydrogen-bond donors (Lipinski definition) is 0. The number of piperidine rings is 1. The summed E-state index contributed by atoms with van der Waals surface area (Å²) in [5, 5.41) is 2.25. The van der Waals surface area contributed by atoms with Crippen molar-refractivity contribution in [1.82, 2.24) is 8.87 Å². The van der Waals surface area contributed by atoms with Gasteiger partial charge in [0.2, 0.25) is 10.0 Å². The summed E-state index contributed by atoms with van der Waals surface area (Å²) < 4.78 is 31.0. The molecule has 1 unspecified atom stereocenters. The van der Waals surface area contributed by atoms with Crippen LogP contribution < -0.4 is 4.80 Å². The molecule has 5 rings (SSSR count). The lowest BCUT2D eigenvalue weighted by Crippen LogP contribution is -2.43. The molecule has 1 atom stereocenters. The van der Waals surface area contributed by atoms with E-state index in [4.69, 9.17) is 0 Å². The van der Waals surface area contributed by atoms with Crippen LogP contribution in [0.25, 0.3) is 21.0 Å². The highest BCUT2D eigenvalue weighted by molar-refractivity contribution is 7.89. The topological polar surface area (TPSA) is 71.7 Å². The van der Waals surface area contributed by atoms with Crippen LogP contribution in [0, 0.1) is 0 Å². The van der Waals surface area contributed by atoms with E-state index >= 15 is 0 Å². The molecule has 1 aromatic heterocycles. The number of carbonyl (C=O) groups excluding carboxylic acids is 1. The first-order chi connectivity index (χ1) is 16.4. The molecule has 176 valence electrons. The van der Waals surface area contributed by atoms with E-state index in [2.05, 4.69) is 29.3 Å². The Hall–Kier alpha value is -2.81. The number of thiazole rings is 1. The van der Waals surface area contributed by atoms with Gasteiger partial charge in [-0.3, -0.25) is 4.79 Å². The molecule has 0 saturated carbocycles. The molecule has 34 heavy (non-hydrogen) atoms. The van der Waals surface area contributed by atoms with Gasteiger partial charge in [-0.1, -0.05) is 55.0 Å². The fourth-order valence-electron chi connectivity index (χ4n) is 4.78. The molecule has 0 spiro atoms. The zero-order valence-electron chi connectivity index (χ0n) is 19.3. The average Bonchev–Trinajstić information content (AvgIpc) is 3.19. The second-order valence-corrected chi connectivity index (χ2v) is 11.6. The van der Waals surface area contributed by atoms with E-state index < -0.39 is 10.0 Å². The number of amides is 1. The second kappa shape index (κ2) is 9.09. The van der Waals surface area contributed by atoms with Crippen LogP contribution in [0.5, 0.6) is 0 Å². The maximum absolute atomic E-state index is 13.2. The molecule has 6 nitrogen and oxygen atoms in total. The molecule has 1 fully saturated rings. The van der Waals surface area contributed by atoms with Crippen LogP contribution in [0.1, 0.15) is 43.0 Å². The molecule has 0 bridgehead atoms. The van der Waals surface area contributed by atoms with Gasteiger partial charge in [-0.05, 0) is 55.0 Å². The Morgan fingerprint density at radius 2 is 1.82 bits per heavy atom. The van der Waals surface area contributed by atoms with E-state index in [0.29, 0.717) is 16.9 Å². The molecule has 0 N–H and O–H groups in total. The van der Waals surface area contributed by atoms with Crippen molar-refractivity contribution >= 4 is 48.3 Å². The molecule has 1 saturated heterocycles. The number of nitrogens with zero attached hydrogens (tertiary/aromatic N) is 3. The van der Waals surface area contributed by atoms with Gasteiger partial charge in [0.25, 0.3) is 5.91 Å². The SMILES string of the molecule is CCC1CCCCN1S(=O)(=O)c1ccc(C(=O)N=c2sc3ccc4ccccc4c3n2C)cc1. The number of sulfonamides is 1. The van der Waals surface area contributed by atoms with Crippen LogP contribution in [0.3, 0.4) is 0 Å². The Labute approximate surface area is 203 Å². The summed E-state index contributed by atoms with van der Waals surface area (Å²) in [6.45, 7) is 2.58. The van der Waals surface area contributed by atoms with Crippen molar-refractivity contribution in [2.45, 2.75) is 43.5 Å². The Kier molecular flexibility index (Phi) is 6.14. The maximum Gasteiger partial charge on any atom is 0.279 e. The van der Waals surface area contributed by atoms with E-state index in [1.54, 1.807) is 16.4 Å². The van der Waals surface area contributed by atoms with Crippen LogP contribution in [0.2, 0.25) is 0 Å². The third-order valence-corrected chi connectivity index (χ3v) is 9.70. The van der Waals surface area contributed by atoms with Gasteiger partial charge in [-0.2, -0.15) is 9.30 Å². The zero-order chi connectivity index (χ0) is 23.9. The number of fused-ring (bicyclic) bond motifs is 3. The van der Waals surface area contributed by atoms with E-state index in [0.717, 1.165) is 46.7 Å². The van der Waals surface area contributed by atoms with E-state index in [1.807, 2.05) is 30.7 Å². The summed E-state index contributed by atoms with van der Waals surface area (Å²) in [5.74, 6) is -0.389. The minimum absolute atomic E-state index is 0.0408. The second-order valence-electron chi connectivity index (χ2n) is 8.69. The summed E-state index contributed by atoms with van der Waals surface area (Å²) in [5.41, 5.74) is 1.41. The van der Waals surface area contributed by atoms with Crippen molar-refractivity contribution in [2.75, 3.05) is 6.54 Å². The Bertz CT molecular complexity index is 1550. The van der Waals surface area contributed by atoms with Gasteiger partial charge in [0.15, 0.2) is 4.80 Å². The fraction of sp³-hybridized carbons (Fsp3) is 0.308. The van der Waals surface area contributed by atoms with Crippen molar-refractivity contribution in [3.8, 4) is 0 Å². The van der Waals surface area contributed by atoms with E-state index in [9.17, 15) is 13.2 Å². The molecule has 3 aromatic carbocycles. The molecule has 4 aromatic rings. The first kappa shape index (κ1) is 23.0. The maximum atomic E-state index is 13.2. The number of carbonyl (C=O) groups is 1. The van der Waals surface area contributed by atoms with E-state index in [-0.39, 0.29) is 16.8 Å². The standard InChI is InChI=1S/C26H27N3O3S2/c1-3-20-9-6-7-17-29(20)34(31,32)21-14-11-19(12-15-21)25(30)27-26-28(2)24-22-10-5-4-8-18(22)13-16-23(24)33-26/h4-5,8,10-16,20H,3,6-7,9,17H2,1-2H3. The van der Waals surface area contributed by atoms with Gasteiger partial charge in [0, 0.05) is 30.6 Å². The smallest absolute Gasteiger partial charge is 0.279 e. The van der Waals surface area contributed by atoms with Gasteiger partial charge < -0.3 is 4.57 Å². The monoisotopic (exact) mass is 493 g/mol. The number of aryl methyl sites for hydroxylation is 1. The predicted octanol–water partition coefficient (Wildman–Crippen LogP) is 5.09. The third-order valence-electron chi connectivity index (χ3n) is 6.64. The highest BCUT2D eigenvalue weighted by Crippen LogP contribution is 2.28. The van der Waals surface area contributed by atoms with Crippen LogP contribution in [-0.2, 0) is 17.1 Å². The Balaban J connectivity index is 1.46. The third kappa shape index (κ3) is 4.00. The van der Waals surface area contributed by atoms with Gasteiger partial charge in [0.1, 0.15) is 0 Å². The highest BCUT2D eigenvalue weighted by Gasteiger charge is 2.32. The number of benzene rings is 3. The van der Waals surface area contributed by atoms with Crippen LogP contribution >= 0.6 is 11.3 Å². The quantitative estimate of drug-likeness (QED) is 0.398. The van der Waals surface area contributed by atoms with Crippen molar-refractivity contribution in [3.05, 3.63) is 71.0 Å². The van der Waals surface area contributed by atoms with Crippen LogP contribution in [0.15, 0.2) is 70.6 Å². The van der Waals surface area contributed by atoms with Crippen molar-refractivity contribution < 1.29 is 13.2 Å². The van der Waals surface area contributed by atoms with Crippen LogP contribution in [-0.4, -0.2) is 35.8 Å². The Morgan fingerprint density at radius 1 is 1.06 bits per heavy atom. The van der Waals surface area contributed by atoms with Crippen molar-refractivity contribution in [1.29, 1.82) is 0 Å². The van der Waals surface area contributed by atoms with E-state index in [1.165, 1.54) is 23.5 Å². The normalized spacial score (nSPS) is 18.1. The minimum atomic E-state index is -3.58. The molecule has 1 amide bonds. The molecular weight excluding hydrogens is 466 g/mol. The summed E-state index contributed by atoms with van der Waals surface area (Å²) in [7, 11) is -1.67. The predicted molar refractivity (Wildman–Crippen MR) is 136 cm³/mol. The Morgan fingerprint density at radius 3 is 2.59 bits per heavy atom. The first-order valence-corrected chi connectivity index (χ1v) is 13.8. The molecule has 2 heterocycles. The minimum Gasteiger partial charge on any atom is -0.319 e. The van der Waals surface area contributed by atoms with Gasteiger partial charge in [-0.15, -0.1) is 0 Å². The summed E-state index contributed by atoms with van der Waals surface area (Å²) in [6.07, 6.45) is 3.64. The summed E-state index contributed by atoms with van der Waals surface area (Å²) in [6, 6.07) is 18.5. The number of hydrogen-bond acceptors (Lipinski definition) is 4. The molecule has 0 aliphatic carbocycles. The van der Waals surface area contributed by atoms with Gasteiger partial charge >= 0.3 is 0 Å².